The average molecular weight is 307 g/mol. The van der Waals surface area contributed by atoms with E-state index in [4.69, 9.17) is 18.0 Å². The molecule has 21 heavy (non-hydrogen) atoms. The van der Waals surface area contributed by atoms with Crippen molar-refractivity contribution in [2.45, 2.75) is 33.1 Å². The molecule has 0 heterocycles. The van der Waals surface area contributed by atoms with Gasteiger partial charge in [0.1, 0.15) is 4.99 Å². The molecule has 0 saturated heterocycles. The van der Waals surface area contributed by atoms with E-state index < -0.39 is 0 Å². The van der Waals surface area contributed by atoms with Crippen molar-refractivity contribution < 1.29 is 4.79 Å². The molecule has 1 aromatic carbocycles. The zero-order valence-corrected chi connectivity index (χ0v) is 13.7. The van der Waals surface area contributed by atoms with E-state index in [1.165, 1.54) is 0 Å². The fraction of sp³-hybridized carbons (Fsp3) is 0.500. The molecule has 0 fully saturated rings. The van der Waals surface area contributed by atoms with Crippen LogP contribution in [-0.2, 0) is 4.79 Å². The van der Waals surface area contributed by atoms with Gasteiger partial charge < -0.3 is 16.0 Å². The van der Waals surface area contributed by atoms with Crippen LogP contribution in [-0.4, -0.2) is 35.4 Å². The minimum Gasteiger partial charge on any atom is -0.389 e. The van der Waals surface area contributed by atoms with Gasteiger partial charge >= 0.3 is 0 Å². The Morgan fingerprint density at radius 2 is 1.90 bits per heavy atom. The van der Waals surface area contributed by atoms with Crippen molar-refractivity contribution in [1.29, 1.82) is 0 Å². The number of nitrogens with zero attached hydrogens (tertiary/aromatic N) is 1. The maximum atomic E-state index is 12.0. The third-order valence-electron chi connectivity index (χ3n) is 3.17. The minimum absolute atomic E-state index is 0.0206. The van der Waals surface area contributed by atoms with Crippen molar-refractivity contribution in [3.63, 3.8) is 0 Å². The highest BCUT2D eigenvalue weighted by atomic mass is 32.1. The van der Waals surface area contributed by atoms with Gasteiger partial charge in [-0.3, -0.25) is 4.79 Å². The number of nitrogens with two attached hydrogens (primary N) is 1. The van der Waals surface area contributed by atoms with Gasteiger partial charge in [-0.2, -0.15) is 0 Å². The number of thiocarbonyl (C=S) groups is 1. The fourth-order valence-corrected chi connectivity index (χ4v) is 2.33. The largest absolute Gasteiger partial charge is 0.389 e. The zero-order chi connectivity index (χ0) is 15.7. The number of benzene rings is 1. The molecule has 0 saturated carbocycles. The first-order valence-electron chi connectivity index (χ1n) is 7.48. The summed E-state index contributed by atoms with van der Waals surface area (Å²) in [5.41, 5.74) is 7.09. The monoisotopic (exact) mass is 307 g/mol. The molecule has 0 aliphatic rings. The lowest BCUT2D eigenvalue weighted by molar-refractivity contribution is -0.116. The van der Waals surface area contributed by atoms with E-state index in [1.807, 2.05) is 18.2 Å². The van der Waals surface area contributed by atoms with Gasteiger partial charge in [0.05, 0.1) is 0 Å². The molecule has 1 rings (SSSR count). The Morgan fingerprint density at radius 1 is 1.24 bits per heavy atom. The number of nitrogens with one attached hydrogen (secondary N) is 1. The smallest absolute Gasteiger partial charge is 0.225 e. The van der Waals surface area contributed by atoms with E-state index in [2.05, 4.69) is 24.1 Å². The van der Waals surface area contributed by atoms with Gasteiger partial charge in [-0.1, -0.05) is 38.2 Å². The highest BCUT2D eigenvalue weighted by Gasteiger charge is 2.08. The van der Waals surface area contributed by atoms with Crippen LogP contribution in [0.5, 0.6) is 0 Å². The second-order valence-electron chi connectivity index (χ2n) is 5.08. The van der Waals surface area contributed by atoms with Crippen LogP contribution in [0.1, 0.15) is 38.7 Å². The molecule has 1 amide bonds. The third kappa shape index (κ3) is 6.69. The maximum absolute atomic E-state index is 12.0. The molecule has 5 heteroatoms. The molecule has 3 N–H and O–H groups in total. The molecular formula is C16H25N3OS. The first-order chi connectivity index (χ1) is 10.1. The highest BCUT2D eigenvalue weighted by molar-refractivity contribution is 7.80. The van der Waals surface area contributed by atoms with Crippen molar-refractivity contribution in [2.75, 3.05) is 25.0 Å². The molecule has 1 aromatic rings. The van der Waals surface area contributed by atoms with Crippen molar-refractivity contribution in [2.24, 2.45) is 5.73 Å². The standard InChI is InChI=1S/C16H25N3OS/c1-3-9-19(10-4-2)11-8-15(20)18-14-7-5-6-13(12-14)16(17)21/h5-7,12H,3-4,8-11H2,1-2H3,(H2,17,21)(H,18,20). The Morgan fingerprint density at radius 3 is 2.48 bits per heavy atom. The van der Waals surface area contributed by atoms with Crippen molar-refractivity contribution in [3.8, 4) is 0 Å². The first kappa shape index (κ1) is 17.6. The van der Waals surface area contributed by atoms with Gasteiger partial charge in [0.2, 0.25) is 5.91 Å². The number of carbonyl (C=O) groups is 1. The molecular weight excluding hydrogens is 282 g/mol. The highest BCUT2D eigenvalue weighted by Crippen LogP contribution is 2.11. The summed E-state index contributed by atoms with van der Waals surface area (Å²) in [4.78, 5) is 14.7. The van der Waals surface area contributed by atoms with Gasteiger partial charge in [0, 0.05) is 24.2 Å². The predicted octanol–water partition coefficient (Wildman–Crippen LogP) is 2.77. The summed E-state index contributed by atoms with van der Waals surface area (Å²) in [5.74, 6) is 0.0206. The fourth-order valence-electron chi connectivity index (χ4n) is 2.20. The average Bonchev–Trinajstić information content (AvgIpc) is 2.45. The van der Waals surface area contributed by atoms with E-state index in [0.29, 0.717) is 11.4 Å². The van der Waals surface area contributed by atoms with E-state index in [-0.39, 0.29) is 5.91 Å². The number of hydrogen-bond acceptors (Lipinski definition) is 3. The lowest BCUT2D eigenvalue weighted by atomic mass is 10.2. The van der Waals surface area contributed by atoms with E-state index in [9.17, 15) is 4.79 Å². The van der Waals surface area contributed by atoms with Crippen LogP contribution < -0.4 is 11.1 Å². The van der Waals surface area contributed by atoms with E-state index >= 15 is 0 Å². The Hall–Kier alpha value is -1.46. The number of carbonyl (C=O) groups excluding carboxylic acids is 1. The number of rotatable bonds is 9. The Bertz CT molecular complexity index is 470. The summed E-state index contributed by atoms with van der Waals surface area (Å²) < 4.78 is 0. The van der Waals surface area contributed by atoms with Crippen LogP contribution in [0.4, 0.5) is 5.69 Å². The number of hydrogen-bond donors (Lipinski definition) is 2. The second kappa shape index (κ2) is 9.47. The van der Waals surface area contributed by atoms with Gasteiger partial charge in [-0.15, -0.1) is 0 Å². The maximum Gasteiger partial charge on any atom is 0.225 e. The summed E-state index contributed by atoms with van der Waals surface area (Å²) in [6.07, 6.45) is 2.71. The van der Waals surface area contributed by atoms with Crippen LogP contribution in [0.15, 0.2) is 24.3 Å². The van der Waals surface area contributed by atoms with Crippen LogP contribution in [0.2, 0.25) is 0 Å². The molecule has 0 unspecified atom stereocenters. The quantitative estimate of drug-likeness (QED) is 0.689. The molecule has 0 radical (unpaired) electrons. The lowest BCUT2D eigenvalue weighted by Crippen LogP contribution is -2.29. The molecule has 116 valence electrons. The van der Waals surface area contributed by atoms with Gasteiger partial charge in [0.15, 0.2) is 0 Å². The topological polar surface area (TPSA) is 58.4 Å². The van der Waals surface area contributed by atoms with Gasteiger partial charge in [-0.25, -0.2) is 0 Å². The molecule has 0 aliphatic heterocycles. The second-order valence-corrected chi connectivity index (χ2v) is 5.52. The van der Waals surface area contributed by atoms with Crippen LogP contribution in [0.3, 0.4) is 0 Å². The summed E-state index contributed by atoms with van der Waals surface area (Å²) in [5, 5.41) is 2.90. The van der Waals surface area contributed by atoms with Crippen molar-refractivity contribution in [1.82, 2.24) is 4.90 Å². The van der Waals surface area contributed by atoms with Gasteiger partial charge in [0.25, 0.3) is 0 Å². The minimum atomic E-state index is 0.0206. The zero-order valence-electron chi connectivity index (χ0n) is 12.9. The summed E-state index contributed by atoms with van der Waals surface area (Å²) in [6, 6.07) is 7.32. The first-order valence-corrected chi connectivity index (χ1v) is 7.89. The molecule has 0 aliphatic carbocycles. The Labute approximate surface area is 132 Å². The third-order valence-corrected chi connectivity index (χ3v) is 3.40. The lowest BCUT2D eigenvalue weighted by Gasteiger charge is -2.20. The van der Waals surface area contributed by atoms with Gasteiger partial charge in [-0.05, 0) is 38.1 Å². The summed E-state index contributed by atoms with van der Waals surface area (Å²) in [7, 11) is 0. The molecule has 0 aromatic heterocycles. The Kier molecular flexibility index (Phi) is 7.93. The van der Waals surface area contributed by atoms with Crippen molar-refractivity contribution in [3.05, 3.63) is 29.8 Å². The van der Waals surface area contributed by atoms with Crippen LogP contribution in [0, 0.1) is 0 Å². The number of amides is 1. The predicted molar refractivity (Wildman–Crippen MR) is 92.6 cm³/mol. The summed E-state index contributed by atoms with van der Waals surface area (Å²) in [6.45, 7) is 7.19. The molecule has 4 nitrogen and oxygen atoms in total. The summed E-state index contributed by atoms with van der Waals surface area (Å²) >= 11 is 4.94. The SMILES string of the molecule is CCCN(CCC)CCC(=O)Nc1cccc(C(N)=S)c1. The molecule has 0 atom stereocenters. The number of anilines is 1. The van der Waals surface area contributed by atoms with Crippen LogP contribution in [0.25, 0.3) is 0 Å². The van der Waals surface area contributed by atoms with Crippen LogP contribution >= 0.6 is 12.2 Å². The molecule has 0 spiro atoms. The van der Waals surface area contributed by atoms with E-state index in [1.54, 1.807) is 6.07 Å². The normalized spacial score (nSPS) is 10.6. The Balaban J connectivity index is 2.49. The van der Waals surface area contributed by atoms with E-state index in [0.717, 1.165) is 43.7 Å². The molecule has 0 bridgehead atoms. The van der Waals surface area contributed by atoms with Crippen molar-refractivity contribution >= 4 is 28.8 Å².